The molecule has 0 spiro atoms. The second-order valence-electron chi connectivity index (χ2n) is 7.13. The van der Waals surface area contributed by atoms with Gasteiger partial charge in [0.2, 0.25) is 13.2 Å². The molecule has 0 atom stereocenters. The Kier molecular flexibility index (Phi) is 7.28. The van der Waals surface area contributed by atoms with E-state index in [9.17, 15) is 19.5 Å². The first-order valence-electron chi connectivity index (χ1n) is 10.1. The predicted octanol–water partition coefficient (Wildman–Crippen LogP) is 3.81. The molecule has 3 N–H and O–H groups in total. The number of carbonyl (C=O) groups is 3. The molecule has 0 saturated carbocycles. The molecule has 3 aromatic rings. The van der Waals surface area contributed by atoms with Crippen LogP contribution < -0.4 is 15.4 Å². The van der Waals surface area contributed by atoms with Crippen molar-refractivity contribution in [2.75, 3.05) is 10.6 Å². The van der Waals surface area contributed by atoms with Gasteiger partial charge in [0.1, 0.15) is 23.8 Å². The number of nitrogens with one attached hydrogen (secondary N) is 2. The number of phenolic OH excluding ortho intramolecular Hbond substituents is 1. The molecule has 162 valence electrons. The van der Waals surface area contributed by atoms with Crippen molar-refractivity contribution >= 4 is 36.2 Å². The fourth-order valence-electron chi connectivity index (χ4n) is 3.02. The molecule has 0 bridgehead atoms. The Morgan fingerprint density at radius 2 is 1.59 bits per heavy atom. The lowest BCUT2D eigenvalue weighted by Crippen LogP contribution is -2.14. The maximum atomic E-state index is 12.8. The average Bonchev–Trinajstić information content (AvgIpc) is 2.79. The van der Waals surface area contributed by atoms with Crippen molar-refractivity contribution in [3.63, 3.8) is 0 Å². The number of phenols is 1. The minimum atomic E-state index is -0.478. The van der Waals surface area contributed by atoms with E-state index in [1.165, 1.54) is 25.1 Å². The summed E-state index contributed by atoms with van der Waals surface area (Å²) >= 11 is 0. The third kappa shape index (κ3) is 5.75. The number of aromatic hydroxyl groups is 1. The van der Waals surface area contributed by atoms with Gasteiger partial charge >= 0.3 is 0 Å². The quantitative estimate of drug-likeness (QED) is 0.373. The summed E-state index contributed by atoms with van der Waals surface area (Å²) in [4.78, 5) is 36.1. The van der Waals surface area contributed by atoms with Crippen LogP contribution >= 0.6 is 0 Å². The summed E-state index contributed by atoms with van der Waals surface area (Å²) in [5.41, 5.74) is 2.10. The summed E-state index contributed by atoms with van der Waals surface area (Å²) in [5.74, 6) is -0.606. The number of ether oxygens (including phenoxy) is 1. The van der Waals surface area contributed by atoms with Crippen LogP contribution in [0, 0.1) is 0 Å². The summed E-state index contributed by atoms with van der Waals surface area (Å²) in [6.07, 6.45) is 0. The van der Waals surface area contributed by atoms with Gasteiger partial charge in [0, 0.05) is 18.1 Å². The van der Waals surface area contributed by atoms with Crippen LogP contribution in [-0.2, 0) is 11.4 Å². The van der Waals surface area contributed by atoms with Gasteiger partial charge in [-0.05, 0) is 42.0 Å². The SMILES string of the molecule is CBC(=O)c1ccc(NC(=O)c2ccc(NC(C)=O)c(OCc3ccccc3)c2)c(O)c1. The molecule has 0 radical (unpaired) electrons. The lowest BCUT2D eigenvalue weighted by atomic mass is 9.73. The molecule has 0 aliphatic heterocycles. The van der Waals surface area contributed by atoms with Gasteiger partial charge in [0.15, 0.2) is 0 Å². The van der Waals surface area contributed by atoms with Gasteiger partial charge in [-0.3, -0.25) is 9.59 Å². The summed E-state index contributed by atoms with van der Waals surface area (Å²) in [5, 5.41) is 15.5. The molecule has 3 rings (SSSR count). The molecular weight excluding hydrogens is 407 g/mol. The van der Waals surface area contributed by atoms with Crippen molar-refractivity contribution in [2.45, 2.75) is 20.4 Å². The average molecular weight is 430 g/mol. The van der Waals surface area contributed by atoms with E-state index in [1.807, 2.05) is 30.3 Å². The van der Waals surface area contributed by atoms with Crippen molar-refractivity contribution in [1.29, 1.82) is 0 Å². The minimum absolute atomic E-state index is 0.105. The molecule has 0 aromatic heterocycles. The standard InChI is InChI=1S/C24H23BN2O5/c1-15(28)26-20-11-9-18(13-22(20)32-14-16-6-4-3-5-7-16)24(31)27-19-10-8-17(12-21(19)29)23(30)25-2/h3-13,25,29H,14H2,1-2H3,(H,26,28)(H,27,31). The number of hydrogen-bond acceptors (Lipinski definition) is 5. The molecule has 0 unspecified atom stereocenters. The van der Waals surface area contributed by atoms with Crippen molar-refractivity contribution in [1.82, 2.24) is 0 Å². The highest BCUT2D eigenvalue weighted by Gasteiger charge is 2.15. The maximum Gasteiger partial charge on any atom is 0.255 e. The van der Waals surface area contributed by atoms with Crippen molar-refractivity contribution in [2.24, 2.45) is 0 Å². The highest BCUT2D eigenvalue weighted by Crippen LogP contribution is 2.29. The third-order valence-corrected chi connectivity index (χ3v) is 4.68. The third-order valence-electron chi connectivity index (χ3n) is 4.68. The lowest BCUT2D eigenvalue weighted by molar-refractivity contribution is -0.114. The van der Waals surface area contributed by atoms with Gasteiger partial charge < -0.3 is 25.3 Å². The highest BCUT2D eigenvalue weighted by atomic mass is 16.5. The first kappa shape index (κ1) is 22.6. The number of carbonyl (C=O) groups excluding carboxylic acids is 3. The zero-order valence-corrected chi connectivity index (χ0v) is 17.8. The fraction of sp³-hybridized carbons (Fsp3) is 0.125. The van der Waals surface area contributed by atoms with Gasteiger partial charge in [0.05, 0.1) is 11.4 Å². The van der Waals surface area contributed by atoms with Gasteiger partial charge in [0.25, 0.3) is 5.91 Å². The molecule has 0 heterocycles. The van der Waals surface area contributed by atoms with Crippen LogP contribution in [0.3, 0.4) is 0 Å². The lowest BCUT2D eigenvalue weighted by Gasteiger charge is -2.14. The smallest absolute Gasteiger partial charge is 0.255 e. The van der Waals surface area contributed by atoms with E-state index in [2.05, 4.69) is 10.6 Å². The van der Waals surface area contributed by atoms with Crippen LogP contribution in [0.5, 0.6) is 11.5 Å². The Morgan fingerprint density at radius 1 is 0.906 bits per heavy atom. The van der Waals surface area contributed by atoms with E-state index in [1.54, 1.807) is 25.0 Å². The summed E-state index contributed by atoms with van der Waals surface area (Å²) in [6.45, 7) is 3.38. The summed E-state index contributed by atoms with van der Waals surface area (Å²) < 4.78 is 5.86. The summed E-state index contributed by atoms with van der Waals surface area (Å²) in [7, 11) is 0.317. The van der Waals surface area contributed by atoms with Gasteiger partial charge in [-0.15, -0.1) is 0 Å². The molecule has 2 amide bonds. The van der Waals surface area contributed by atoms with Gasteiger partial charge in [-0.1, -0.05) is 37.2 Å². The van der Waals surface area contributed by atoms with Crippen molar-refractivity contribution < 1.29 is 24.2 Å². The Morgan fingerprint density at radius 3 is 2.25 bits per heavy atom. The van der Waals surface area contributed by atoms with E-state index in [0.717, 1.165) is 5.56 Å². The Hall–Kier alpha value is -4.07. The minimum Gasteiger partial charge on any atom is -0.506 e. The van der Waals surface area contributed by atoms with E-state index in [0.29, 0.717) is 24.3 Å². The van der Waals surface area contributed by atoms with Crippen molar-refractivity contribution in [3.05, 3.63) is 83.4 Å². The number of anilines is 2. The first-order valence-corrected chi connectivity index (χ1v) is 10.1. The Balaban J connectivity index is 1.81. The van der Waals surface area contributed by atoms with Crippen LogP contribution in [0.1, 0.15) is 33.2 Å². The van der Waals surface area contributed by atoms with Crippen LogP contribution in [0.15, 0.2) is 66.7 Å². The Labute approximate surface area is 186 Å². The molecule has 0 saturated heterocycles. The van der Waals surface area contributed by atoms with E-state index in [-0.39, 0.29) is 35.2 Å². The number of rotatable bonds is 8. The topological polar surface area (TPSA) is 105 Å². The van der Waals surface area contributed by atoms with Crippen LogP contribution in [0.2, 0.25) is 6.82 Å². The van der Waals surface area contributed by atoms with E-state index < -0.39 is 5.91 Å². The monoisotopic (exact) mass is 430 g/mol. The van der Waals surface area contributed by atoms with Crippen LogP contribution in [0.25, 0.3) is 0 Å². The van der Waals surface area contributed by atoms with Crippen molar-refractivity contribution in [3.8, 4) is 11.5 Å². The summed E-state index contributed by atoms with van der Waals surface area (Å²) in [6, 6.07) is 18.5. The number of hydrogen-bond donors (Lipinski definition) is 3. The Bertz CT molecular complexity index is 1150. The van der Waals surface area contributed by atoms with E-state index in [4.69, 9.17) is 4.74 Å². The van der Waals surface area contributed by atoms with Crippen LogP contribution in [0.4, 0.5) is 11.4 Å². The van der Waals surface area contributed by atoms with Gasteiger partial charge in [-0.25, -0.2) is 0 Å². The second-order valence-corrected chi connectivity index (χ2v) is 7.13. The number of amides is 2. The molecule has 32 heavy (non-hydrogen) atoms. The zero-order chi connectivity index (χ0) is 23.1. The second kappa shape index (κ2) is 10.3. The molecular formula is C24H23BN2O5. The molecule has 0 aliphatic carbocycles. The molecule has 8 heteroatoms. The largest absolute Gasteiger partial charge is 0.506 e. The molecule has 3 aromatic carbocycles. The maximum absolute atomic E-state index is 12.8. The molecule has 7 nitrogen and oxygen atoms in total. The first-order chi connectivity index (χ1) is 15.4. The molecule has 0 fully saturated rings. The fourth-order valence-corrected chi connectivity index (χ4v) is 3.02. The zero-order valence-electron chi connectivity index (χ0n) is 17.8. The normalized spacial score (nSPS) is 10.2. The molecule has 0 aliphatic rings. The van der Waals surface area contributed by atoms with E-state index >= 15 is 0 Å². The van der Waals surface area contributed by atoms with Gasteiger partial charge in [-0.2, -0.15) is 0 Å². The number of benzene rings is 3. The van der Waals surface area contributed by atoms with Crippen LogP contribution in [-0.4, -0.2) is 29.9 Å². The highest BCUT2D eigenvalue weighted by molar-refractivity contribution is 6.76. The predicted molar refractivity (Wildman–Crippen MR) is 125 cm³/mol.